The summed E-state index contributed by atoms with van der Waals surface area (Å²) in [6.07, 6.45) is 88.4. The zero-order chi connectivity index (χ0) is 55.7. The third kappa shape index (κ3) is 62.8. The Hall–Kier alpha value is -3.93. The van der Waals surface area contributed by atoms with Crippen molar-refractivity contribution < 1.29 is 28.6 Å². The van der Waals surface area contributed by atoms with E-state index in [1.165, 1.54) is 141 Å². The first kappa shape index (κ1) is 73.1. The first-order valence-corrected chi connectivity index (χ1v) is 32.4. The summed E-state index contributed by atoms with van der Waals surface area (Å²) in [7, 11) is 0. The molecule has 6 heteroatoms. The van der Waals surface area contributed by atoms with Crippen molar-refractivity contribution in [2.24, 2.45) is 0 Å². The van der Waals surface area contributed by atoms with Crippen LogP contribution in [0, 0.1) is 0 Å². The van der Waals surface area contributed by atoms with Gasteiger partial charge in [-0.1, -0.05) is 304 Å². The number of carbonyl (C=O) groups is 3. The van der Waals surface area contributed by atoms with Gasteiger partial charge in [0.25, 0.3) is 0 Å². The first-order valence-electron chi connectivity index (χ1n) is 32.4. The minimum Gasteiger partial charge on any atom is -0.462 e. The molecule has 6 nitrogen and oxygen atoms in total. The van der Waals surface area contributed by atoms with Crippen LogP contribution in [0.15, 0.2) is 109 Å². The van der Waals surface area contributed by atoms with Crippen molar-refractivity contribution in [1.82, 2.24) is 0 Å². The van der Waals surface area contributed by atoms with Gasteiger partial charge in [-0.3, -0.25) is 14.4 Å². The molecule has 0 aliphatic heterocycles. The van der Waals surface area contributed by atoms with Gasteiger partial charge in [-0.2, -0.15) is 0 Å². The number of hydrogen-bond donors (Lipinski definition) is 0. The molecular formula is C71H120O6. The van der Waals surface area contributed by atoms with Gasteiger partial charge in [0.15, 0.2) is 6.10 Å². The number of esters is 3. The van der Waals surface area contributed by atoms with Crippen LogP contribution in [0.2, 0.25) is 0 Å². The van der Waals surface area contributed by atoms with Gasteiger partial charge in [0, 0.05) is 19.3 Å². The van der Waals surface area contributed by atoms with Crippen molar-refractivity contribution in [1.29, 1.82) is 0 Å². The first-order chi connectivity index (χ1) is 38.0. The van der Waals surface area contributed by atoms with Crippen molar-refractivity contribution in [2.45, 2.75) is 309 Å². The van der Waals surface area contributed by atoms with E-state index in [-0.39, 0.29) is 31.1 Å². The molecule has 0 N–H and O–H groups in total. The molecule has 0 aromatic rings. The second kappa shape index (κ2) is 64.6. The van der Waals surface area contributed by atoms with Crippen molar-refractivity contribution in [3.05, 3.63) is 109 Å². The number of unbranched alkanes of at least 4 members (excludes halogenated alkanes) is 29. The summed E-state index contributed by atoms with van der Waals surface area (Å²) < 4.78 is 16.8. The maximum atomic E-state index is 12.9. The quantitative estimate of drug-likeness (QED) is 0.0261. The standard InChI is InChI=1S/C71H120O6/c1-4-7-10-13-16-18-20-22-24-26-28-30-31-32-33-34-35-36-37-38-39-41-42-44-46-48-50-52-55-58-61-64-70(73)76-67-68(66-75-69(72)63-60-57-54-15-12-9-6-3)77-71(74)65-62-59-56-53-51-49-47-45-43-40-29-27-25-23-21-19-17-14-11-8-5-2/h7,10,16,18,22,24,28,30,32-33,35-36,38-39,42,44,48,50,68H,4-6,8-9,11-15,17,19-21,23,25-27,29,31,34,37,40-41,43,45-47,49,51-67H2,1-3H3/b10-7-,18-16-,24-22-,30-28-,33-32-,36-35-,39-38-,44-42-,50-48-. The Labute approximate surface area is 476 Å². The van der Waals surface area contributed by atoms with E-state index in [2.05, 4.69) is 130 Å². The third-order valence-corrected chi connectivity index (χ3v) is 13.8. The molecule has 0 aromatic heterocycles. The predicted octanol–water partition coefficient (Wildman–Crippen LogP) is 22.2. The lowest BCUT2D eigenvalue weighted by Gasteiger charge is -2.18. The molecule has 0 aliphatic rings. The van der Waals surface area contributed by atoms with Crippen LogP contribution < -0.4 is 0 Å². The molecule has 0 saturated carbocycles. The molecule has 0 saturated heterocycles. The van der Waals surface area contributed by atoms with E-state index in [9.17, 15) is 14.4 Å². The molecule has 0 aliphatic carbocycles. The fraction of sp³-hybridized carbons (Fsp3) is 0.704. The van der Waals surface area contributed by atoms with Crippen LogP contribution >= 0.6 is 0 Å². The van der Waals surface area contributed by atoms with Crippen LogP contribution in [-0.2, 0) is 28.6 Å². The van der Waals surface area contributed by atoms with Gasteiger partial charge in [-0.05, 0) is 89.9 Å². The van der Waals surface area contributed by atoms with E-state index in [4.69, 9.17) is 14.2 Å². The van der Waals surface area contributed by atoms with Crippen molar-refractivity contribution in [3.63, 3.8) is 0 Å². The Morgan fingerprint density at radius 1 is 0.273 bits per heavy atom. The Bertz CT molecular complexity index is 1560. The van der Waals surface area contributed by atoms with E-state index in [0.29, 0.717) is 19.3 Å². The number of allylic oxidation sites excluding steroid dienone is 18. The van der Waals surface area contributed by atoms with Crippen molar-refractivity contribution >= 4 is 17.9 Å². The summed E-state index contributed by atoms with van der Waals surface area (Å²) in [4.78, 5) is 38.1. The number of hydrogen-bond acceptors (Lipinski definition) is 6. The lowest BCUT2D eigenvalue weighted by Crippen LogP contribution is -2.30. The highest BCUT2D eigenvalue weighted by Crippen LogP contribution is 2.17. The van der Waals surface area contributed by atoms with Gasteiger partial charge in [0.05, 0.1) is 0 Å². The Kier molecular flexibility index (Phi) is 61.3. The minimum atomic E-state index is -0.789. The van der Waals surface area contributed by atoms with Crippen LogP contribution in [0.4, 0.5) is 0 Å². The Morgan fingerprint density at radius 3 is 0.792 bits per heavy atom. The van der Waals surface area contributed by atoms with E-state index in [1.807, 2.05) is 0 Å². The third-order valence-electron chi connectivity index (χ3n) is 13.8. The van der Waals surface area contributed by atoms with Crippen molar-refractivity contribution in [3.8, 4) is 0 Å². The molecule has 440 valence electrons. The normalized spacial score (nSPS) is 12.8. The molecule has 0 heterocycles. The molecule has 0 aromatic carbocycles. The average molecular weight is 1070 g/mol. The molecule has 0 amide bonds. The fourth-order valence-electron chi connectivity index (χ4n) is 8.97. The predicted molar refractivity (Wildman–Crippen MR) is 334 cm³/mol. The van der Waals surface area contributed by atoms with Gasteiger partial charge in [0.1, 0.15) is 13.2 Å². The molecule has 1 atom stereocenters. The highest BCUT2D eigenvalue weighted by atomic mass is 16.6. The van der Waals surface area contributed by atoms with Crippen LogP contribution in [-0.4, -0.2) is 37.2 Å². The smallest absolute Gasteiger partial charge is 0.306 e. The van der Waals surface area contributed by atoms with Crippen LogP contribution in [0.1, 0.15) is 303 Å². The number of rotatable bonds is 58. The van der Waals surface area contributed by atoms with Crippen LogP contribution in [0.5, 0.6) is 0 Å². The maximum absolute atomic E-state index is 12.9. The minimum absolute atomic E-state index is 0.0864. The molecule has 77 heavy (non-hydrogen) atoms. The van der Waals surface area contributed by atoms with Crippen LogP contribution in [0.3, 0.4) is 0 Å². The van der Waals surface area contributed by atoms with Gasteiger partial charge < -0.3 is 14.2 Å². The van der Waals surface area contributed by atoms with Gasteiger partial charge in [0.2, 0.25) is 0 Å². The van der Waals surface area contributed by atoms with E-state index in [0.717, 1.165) is 122 Å². The average Bonchev–Trinajstić information content (AvgIpc) is 3.43. The number of carbonyl (C=O) groups excluding carboxylic acids is 3. The molecule has 1 unspecified atom stereocenters. The highest BCUT2D eigenvalue weighted by Gasteiger charge is 2.19. The SMILES string of the molecule is CC/C=C\C/C=C\C/C=C\C/C=C\C/C=C\C/C=C\C/C=C\C/C=C\C/C=C\CCCCCC(=O)OCC(COC(=O)CCCCCCCCC)OC(=O)CCCCCCCCCCCCCCCCCCCCCCC. The molecule has 0 bridgehead atoms. The van der Waals surface area contributed by atoms with Gasteiger partial charge in [-0.25, -0.2) is 0 Å². The van der Waals surface area contributed by atoms with E-state index in [1.54, 1.807) is 0 Å². The lowest BCUT2D eigenvalue weighted by atomic mass is 10.0. The second-order valence-electron chi connectivity index (χ2n) is 21.3. The summed E-state index contributed by atoms with van der Waals surface area (Å²) in [5.41, 5.74) is 0. The van der Waals surface area contributed by atoms with Crippen molar-refractivity contribution in [2.75, 3.05) is 13.2 Å². The summed E-state index contributed by atoms with van der Waals surface area (Å²) in [5.74, 6) is -0.919. The molecule has 0 radical (unpaired) electrons. The highest BCUT2D eigenvalue weighted by molar-refractivity contribution is 5.71. The molecule has 0 fully saturated rings. The molecule has 0 spiro atoms. The zero-order valence-electron chi connectivity index (χ0n) is 50.4. The molecule has 0 rings (SSSR count). The van der Waals surface area contributed by atoms with Gasteiger partial charge >= 0.3 is 17.9 Å². The second-order valence-corrected chi connectivity index (χ2v) is 21.3. The lowest BCUT2D eigenvalue weighted by molar-refractivity contribution is -0.167. The fourth-order valence-corrected chi connectivity index (χ4v) is 8.97. The van der Waals surface area contributed by atoms with Gasteiger partial charge in [-0.15, -0.1) is 0 Å². The number of ether oxygens (including phenoxy) is 3. The van der Waals surface area contributed by atoms with E-state index < -0.39 is 6.10 Å². The Morgan fingerprint density at radius 2 is 0.506 bits per heavy atom. The summed E-state index contributed by atoms with van der Waals surface area (Å²) in [6.45, 7) is 6.48. The summed E-state index contributed by atoms with van der Waals surface area (Å²) >= 11 is 0. The summed E-state index contributed by atoms with van der Waals surface area (Å²) in [6, 6.07) is 0. The Balaban J connectivity index is 4.21. The zero-order valence-corrected chi connectivity index (χ0v) is 50.4. The largest absolute Gasteiger partial charge is 0.462 e. The monoisotopic (exact) mass is 1070 g/mol. The van der Waals surface area contributed by atoms with E-state index >= 15 is 0 Å². The molecular weight excluding hydrogens is 949 g/mol. The summed E-state index contributed by atoms with van der Waals surface area (Å²) in [5, 5.41) is 0. The topological polar surface area (TPSA) is 78.9 Å². The van der Waals surface area contributed by atoms with Crippen LogP contribution in [0.25, 0.3) is 0 Å². The maximum Gasteiger partial charge on any atom is 0.306 e.